The van der Waals surface area contributed by atoms with Crippen LogP contribution < -0.4 is 0 Å². The lowest BCUT2D eigenvalue weighted by atomic mass is 9.72. The molecule has 0 radical (unpaired) electrons. The smallest absolute Gasteiger partial charge is 0.330 e. The third kappa shape index (κ3) is 20.1. The Hall–Kier alpha value is -2.23. The number of hydrogen-bond donors (Lipinski definition) is 0. The van der Waals surface area contributed by atoms with Crippen molar-refractivity contribution >= 4 is 17.9 Å². The third-order valence-electron chi connectivity index (χ3n) is 13.5. The average molecular weight is 801 g/mol. The van der Waals surface area contributed by atoms with Crippen molar-refractivity contribution in [3.05, 3.63) is 25.3 Å². The van der Waals surface area contributed by atoms with Gasteiger partial charge in [0.15, 0.2) is 0 Å². The molecule has 0 spiro atoms. The Kier molecular flexibility index (Phi) is 24.2. The molecule has 0 N–H and O–H groups in total. The minimum Gasteiger partial charge on any atom is -0.465 e. The van der Waals surface area contributed by atoms with Crippen molar-refractivity contribution in [2.45, 2.75) is 192 Å². The van der Waals surface area contributed by atoms with E-state index in [9.17, 15) is 14.4 Å². The van der Waals surface area contributed by atoms with Gasteiger partial charge in [0.2, 0.25) is 0 Å². The van der Waals surface area contributed by atoms with Gasteiger partial charge < -0.3 is 28.4 Å². The van der Waals surface area contributed by atoms with E-state index in [0.717, 1.165) is 114 Å². The molecule has 0 aliphatic heterocycles. The van der Waals surface area contributed by atoms with Crippen molar-refractivity contribution in [2.24, 2.45) is 29.6 Å². The highest BCUT2D eigenvalue weighted by Gasteiger charge is 2.32. The zero-order valence-electron chi connectivity index (χ0n) is 35.7. The fourth-order valence-electron chi connectivity index (χ4n) is 9.81. The first kappa shape index (κ1) is 47.4. The highest BCUT2D eigenvalue weighted by Crippen LogP contribution is 2.40. The maximum atomic E-state index is 12.7. The Morgan fingerprint density at radius 2 is 0.842 bits per heavy atom. The van der Waals surface area contributed by atoms with E-state index in [2.05, 4.69) is 13.2 Å². The van der Waals surface area contributed by atoms with Gasteiger partial charge in [-0.1, -0.05) is 64.5 Å². The van der Waals surface area contributed by atoms with E-state index in [4.69, 9.17) is 28.4 Å². The van der Waals surface area contributed by atoms with E-state index in [1.54, 1.807) is 0 Å². The summed E-state index contributed by atoms with van der Waals surface area (Å²) in [6, 6.07) is 0. The van der Waals surface area contributed by atoms with Crippen LogP contribution >= 0.6 is 0 Å². The molecule has 0 amide bonds. The number of hydrogen-bond acceptors (Lipinski definition) is 9. The first-order valence-corrected chi connectivity index (χ1v) is 23.5. The lowest BCUT2D eigenvalue weighted by Gasteiger charge is -2.37. The van der Waals surface area contributed by atoms with Crippen LogP contribution in [0.15, 0.2) is 25.3 Å². The molecule has 0 bridgehead atoms. The van der Waals surface area contributed by atoms with Gasteiger partial charge in [0.05, 0.1) is 50.7 Å². The fourth-order valence-corrected chi connectivity index (χ4v) is 9.81. The molecule has 4 saturated carbocycles. The highest BCUT2D eigenvalue weighted by molar-refractivity contribution is 5.81. The zero-order chi connectivity index (χ0) is 40.3. The van der Waals surface area contributed by atoms with Gasteiger partial charge in [-0.25, -0.2) is 9.59 Å². The summed E-state index contributed by atoms with van der Waals surface area (Å²) in [5.41, 5.74) is 0. The zero-order valence-corrected chi connectivity index (χ0v) is 35.7. The molecule has 57 heavy (non-hydrogen) atoms. The molecular formula is C48H80O9. The largest absolute Gasteiger partial charge is 0.465 e. The Balaban J connectivity index is 0.890. The standard InChI is InChI=1S/C48H80O9/c1-3-46(49)54-33-12-7-5-6-10-15-38-16-18-39(19-17-38)37-57-45-30-24-42(25-31-45)48(51)56-34-13-9-8-11-32-52-43-26-20-40(21-27-43)41-22-28-44(29-23-41)53-35-14-36-55-47(50)4-2/h3-4,38-45H,1-2,5-37H2. The van der Waals surface area contributed by atoms with E-state index in [1.807, 2.05) is 0 Å². The molecule has 0 heterocycles. The van der Waals surface area contributed by atoms with Crippen LogP contribution in [0.25, 0.3) is 0 Å². The van der Waals surface area contributed by atoms with Gasteiger partial charge in [-0.05, 0) is 139 Å². The van der Waals surface area contributed by atoms with Gasteiger partial charge in [0.1, 0.15) is 0 Å². The summed E-state index contributed by atoms with van der Waals surface area (Å²) >= 11 is 0. The number of ether oxygens (including phenoxy) is 6. The quantitative estimate of drug-likeness (QED) is 0.0331. The van der Waals surface area contributed by atoms with Crippen molar-refractivity contribution in [1.82, 2.24) is 0 Å². The molecule has 0 unspecified atom stereocenters. The molecule has 326 valence electrons. The first-order chi connectivity index (χ1) is 27.9. The van der Waals surface area contributed by atoms with Crippen molar-refractivity contribution < 1.29 is 42.8 Å². The lowest BCUT2D eigenvalue weighted by molar-refractivity contribution is -0.151. The van der Waals surface area contributed by atoms with Crippen LogP contribution in [0.1, 0.15) is 173 Å². The summed E-state index contributed by atoms with van der Waals surface area (Å²) in [5.74, 6) is 2.59. The van der Waals surface area contributed by atoms with Gasteiger partial charge in [-0.2, -0.15) is 0 Å². The Morgan fingerprint density at radius 3 is 1.40 bits per heavy atom. The number of carbonyl (C=O) groups is 3. The second kappa shape index (κ2) is 29.1. The van der Waals surface area contributed by atoms with Crippen LogP contribution in [0.4, 0.5) is 0 Å². The summed E-state index contributed by atoms with van der Waals surface area (Å²) in [5, 5.41) is 0. The van der Waals surface area contributed by atoms with Gasteiger partial charge in [-0.15, -0.1) is 0 Å². The molecule has 0 atom stereocenters. The summed E-state index contributed by atoms with van der Waals surface area (Å²) in [4.78, 5) is 34.9. The normalized spacial score (nSPS) is 27.9. The third-order valence-corrected chi connectivity index (χ3v) is 13.5. The van der Waals surface area contributed by atoms with Crippen LogP contribution in [0.3, 0.4) is 0 Å². The van der Waals surface area contributed by atoms with Gasteiger partial charge >= 0.3 is 17.9 Å². The first-order valence-electron chi connectivity index (χ1n) is 23.5. The molecule has 4 rings (SSSR count). The van der Waals surface area contributed by atoms with Crippen LogP contribution in [0.2, 0.25) is 0 Å². The van der Waals surface area contributed by atoms with E-state index in [1.165, 1.54) is 102 Å². The van der Waals surface area contributed by atoms with Crippen LogP contribution in [0.5, 0.6) is 0 Å². The average Bonchev–Trinajstić information content (AvgIpc) is 3.25. The molecule has 0 aromatic rings. The van der Waals surface area contributed by atoms with Crippen LogP contribution in [-0.4, -0.2) is 75.9 Å². The summed E-state index contributed by atoms with van der Waals surface area (Å²) in [6.07, 6.45) is 34.5. The van der Waals surface area contributed by atoms with E-state index >= 15 is 0 Å². The molecule has 9 nitrogen and oxygen atoms in total. The van der Waals surface area contributed by atoms with Crippen molar-refractivity contribution in [3.8, 4) is 0 Å². The molecule has 0 aromatic heterocycles. The van der Waals surface area contributed by atoms with Gasteiger partial charge in [0, 0.05) is 31.8 Å². The second-order valence-corrected chi connectivity index (χ2v) is 17.7. The van der Waals surface area contributed by atoms with Crippen molar-refractivity contribution in [1.29, 1.82) is 0 Å². The van der Waals surface area contributed by atoms with Crippen molar-refractivity contribution in [3.63, 3.8) is 0 Å². The van der Waals surface area contributed by atoms with Crippen molar-refractivity contribution in [2.75, 3.05) is 39.6 Å². The second-order valence-electron chi connectivity index (χ2n) is 17.7. The summed E-state index contributed by atoms with van der Waals surface area (Å²) in [7, 11) is 0. The minimum absolute atomic E-state index is 0.00167. The predicted octanol–water partition coefficient (Wildman–Crippen LogP) is 10.8. The summed E-state index contributed by atoms with van der Waals surface area (Å²) < 4.78 is 34.5. The molecule has 4 aliphatic rings. The SMILES string of the molecule is C=CC(=O)OCCCCCCCC1CCC(COC2CCC(C(=O)OCCCCCCOC3CCC(C4CCC(OCCCOC(=O)C=C)CC4)CC3)CC2)CC1. The topological polar surface area (TPSA) is 107 Å². The molecule has 4 fully saturated rings. The number of carbonyl (C=O) groups excluding carboxylic acids is 3. The highest BCUT2D eigenvalue weighted by atomic mass is 16.5. The van der Waals surface area contributed by atoms with Crippen LogP contribution in [-0.2, 0) is 42.8 Å². The number of rotatable bonds is 28. The van der Waals surface area contributed by atoms with E-state index < -0.39 is 0 Å². The summed E-state index contributed by atoms with van der Waals surface area (Å²) in [6.45, 7) is 10.7. The molecule has 0 saturated heterocycles. The molecule has 9 heteroatoms. The van der Waals surface area contributed by atoms with Crippen LogP contribution in [0, 0.1) is 29.6 Å². The number of esters is 3. The molecule has 4 aliphatic carbocycles. The maximum Gasteiger partial charge on any atom is 0.330 e. The van der Waals surface area contributed by atoms with E-state index in [-0.39, 0.29) is 23.8 Å². The number of unbranched alkanes of at least 4 members (excludes halogenated alkanes) is 7. The van der Waals surface area contributed by atoms with E-state index in [0.29, 0.717) is 50.7 Å². The Labute approximate surface area is 346 Å². The predicted molar refractivity (Wildman–Crippen MR) is 225 cm³/mol. The fraction of sp³-hybridized carbons (Fsp3) is 0.854. The monoisotopic (exact) mass is 801 g/mol. The Morgan fingerprint density at radius 1 is 0.421 bits per heavy atom. The lowest BCUT2D eigenvalue weighted by Crippen LogP contribution is -2.30. The molecular weight excluding hydrogens is 721 g/mol. The van der Waals surface area contributed by atoms with Gasteiger partial charge in [-0.3, -0.25) is 4.79 Å². The minimum atomic E-state index is -0.365. The maximum absolute atomic E-state index is 12.7. The Bertz CT molecular complexity index is 1110. The van der Waals surface area contributed by atoms with Gasteiger partial charge in [0.25, 0.3) is 0 Å². The molecule has 0 aromatic carbocycles.